The lowest BCUT2D eigenvalue weighted by Gasteiger charge is -2.06. The average Bonchev–Trinajstić information content (AvgIpc) is 3.14. The lowest BCUT2D eigenvalue weighted by atomic mass is 10.0. The van der Waals surface area contributed by atoms with Crippen molar-refractivity contribution in [1.29, 1.82) is 5.26 Å². The Labute approximate surface area is 187 Å². The average molecular weight is 440 g/mol. The molecule has 162 valence electrons. The minimum atomic E-state index is -0.717. The summed E-state index contributed by atoms with van der Waals surface area (Å²) in [6.07, 6.45) is 1.50. The number of nitrogens with zero attached hydrogens (tertiary/aromatic N) is 3. The SMILES string of the molecule is Cc1[nH]n2c(=O)c3ccc(CCc4ccc(C#N)cc4)cc3nc2c1-c1ccc(F)cc1F. The van der Waals surface area contributed by atoms with Gasteiger partial charge < -0.3 is 0 Å². The highest BCUT2D eigenvalue weighted by molar-refractivity contribution is 5.86. The summed E-state index contributed by atoms with van der Waals surface area (Å²) < 4.78 is 29.2. The molecule has 0 unspecified atom stereocenters. The Morgan fingerprint density at radius 1 is 1.00 bits per heavy atom. The van der Waals surface area contributed by atoms with E-state index in [-0.39, 0.29) is 11.1 Å². The van der Waals surface area contributed by atoms with E-state index >= 15 is 0 Å². The maximum atomic E-state index is 14.5. The summed E-state index contributed by atoms with van der Waals surface area (Å²) in [6.45, 7) is 1.72. The Kier molecular flexibility index (Phi) is 4.98. The molecule has 0 amide bonds. The molecule has 0 atom stereocenters. The molecule has 7 heteroatoms. The van der Waals surface area contributed by atoms with Crippen LogP contribution in [0.3, 0.4) is 0 Å². The van der Waals surface area contributed by atoms with Crippen LogP contribution in [0, 0.1) is 29.9 Å². The number of hydrogen-bond donors (Lipinski definition) is 1. The standard InChI is InChI=1S/C26H18F2N4O/c1-15-24(20-11-9-19(27)13-22(20)28)25-30-23-12-17(8-10-21(23)26(33)32(25)31-15)5-2-16-3-6-18(14-29)7-4-16/h3-4,6-13,31H,2,5H2,1H3. The molecule has 5 rings (SSSR count). The predicted octanol–water partition coefficient (Wildman–Crippen LogP) is 5.09. The molecule has 0 saturated heterocycles. The molecule has 0 fully saturated rings. The van der Waals surface area contributed by atoms with E-state index in [1.54, 1.807) is 25.1 Å². The largest absolute Gasteiger partial charge is 0.293 e. The smallest absolute Gasteiger partial charge is 0.280 e. The molecule has 0 bridgehead atoms. The fourth-order valence-electron chi connectivity index (χ4n) is 4.10. The van der Waals surface area contributed by atoms with Crippen molar-refractivity contribution in [1.82, 2.24) is 14.6 Å². The number of aromatic nitrogens is 3. The van der Waals surface area contributed by atoms with E-state index in [2.05, 4.69) is 16.2 Å². The number of nitrogens with one attached hydrogen (secondary N) is 1. The van der Waals surface area contributed by atoms with Crippen molar-refractivity contribution in [2.24, 2.45) is 0 Å². The summed E-state index contributed by atoms with van der Waals surface area (Å²) in [6, 6.07) is 18.4. The van der Waals surface area contributed by atoms with Crippen molar-refractivity contribution >= 4 is 16.6 Å². The summed E-state index contributed by atoms with van der Waals surface area (Å²) >= 11 is 0. The van der Waals surface area contributed by atoms with E-state index in [1.165, 1.54) is 16.6 Å². The van der Waals surface area contributed by atoms with Gasteiger partial charge in [-0.3, -0.25) is 9.89 Å². The molecule has 0 saturated carbocycles. The molecule has 5 nitrogen and oxygen atoms in total. The van der Waals surface area contributed by atoms with Crippen LogP contribution < -0.4 is 5.56 Å². The fourth-order valence-corrected chi connectivity index (χ4v) is 4.10. The summed E-state index contributed by atoms with van der Waals surface area (Å²) in [5.74, 6) is -1.39. The van der Waals surface area contributed by atoms with Crippen molar-refractivity contribution in [3.05, 3.63) is 105 Å². The van der Waals surface area contributed by atoms with Crippen LogP contribution in [0.15, 0.2) is 65.5 Å². The first-order valence-corrected chi connectivity index (χ1v) is 10.4. The van der Waals surface area contributed by atoms with Crippen LogP contribution in [0.25, 0.3) is 27.7 Å². The molecule has 3 aromatic carbocycles. The van der Waals surface area contributed by atoms with Gasteiger partial charge in [0.05, 0.1) is 22.5 Å². The highest BCUT2D eigenvalue weighted by Gasteiger charge is 2.19. The number of fused-ring (bicyclic) bond motifs is 2. The van der Waals surface area contributed by atoms with E-state index in [0.29, 0.717) is 33.4 Å². The van der Waals surface area contributed by atoms with Crippen molar-refractivity contribution in [2.45, 2.75) is 19.8 Å². The molecule has 5 aromatic rings. The van der Waals surface area contributed by atoms with Crippen LogP contribution in [0.2, 0.25) is 0 Å². The van der Waals surface area contributed by atoms with Crippen LogP contribution in [0.1, 0.15) is 22.4 Å². The number of hydrogen-bond acceptors (Lipinski definition) is 3. The zero-order chi connectivity index (χ0) is 23.1. The van der Waals surface area contributed by atoms with Crippen LogP contribution in [-0.2, 0) is 12.8 Å². The van der Waals surface area contributed by atoms with Crippen LogP contribution in [0.5, 0.6) is 0 Å². The first-order chi connectivity index (χ1) is 15.9. The highest BCUT2D eigenvalue weighted by Crippen LogP contribution is 2.30. The molecule has 2 heterocycles. The normalized spacial score (nSPS) is 11.2. The van der Waals surface area contributed by atoms with E-state index in [1.807, 2.05) is 24.3 Å². The van der Waals surface area contributed by atoms with Gasteiger partial charge in [-0.1, -0.05) is 18.2 Å². The number of halogens is 2. The Morgan fingerprint density at radius 3 is 2.45 bits per heavy atom. The number of H-pyrrole nitrogens is 1. The topological polar surface area (TPSA) is 73.9 Å². The second-order valence-corrected chi connectivity index (χ2v) is 7.97. The summed E-state index contributed by atoms with van der Waals surface area (Å²) in [5.41, 5.74) is 4.41. The van der Waals surface area contributed by atoms with Gasteiger partial charge in [-0.05, 0) is 67.3 Å². The third-order valence-electron chi connectivity index (χ3n) is 5.80. The minimum Gasteiger partial charge on any atom is -0.293 e. The van der Waals surface area contributed by atoms with Gasteiger partial charge in [0.15, 0.2) is 5.65 Å². The van der Waals surface area contributed by atoms with Gasteiger partial charge in [0.25, 0.3) is 5.56 Å². The second-order valence-electron chi connectivity index (χ2n) is 7.97. The Balaban J connectivity index is 1.57. The van der Waals surface area contributed by atoms with Crippen molar-refractivity contribution in [3.8, 4) is 17.2 Å². The van der Waals surface area contributed by atoms with Gasteiger partial charge >= 0.3 is 0 Å². The van der Waals surface area contributed by atoms with Crippen LogP contribution in [0.4, 0.5) is 8.78 Å². The van der Waals surface area contributed by atoms with Gasteiger partial charge in [-0.2, -0.15) is 5.26 Å². The van der Waals surface area contributed by atoms with E-state index < -0.39 is 11.6 Å². The number of rotatable bonds is 4. The number of nitriles is 1. The Bertz CT molecular complexity index is 1630. The molecular weight excluding hydrogens is 422 g/mol. The van der Waals surface area contributed by atoms with Crippen LogP contribution >= 0.6 is 0 Å². The van der Waals surface area contributed by atoms with Crippen molar-refractivity contribution < 1.29 is 8.78 Å². The van der Waals surface area contributed by atoms with Gasteiger partial charge in [0.2, 0.25) is 0 Å². The molecule has 1 N–H and O–H groups in total. The fraction of sp³-hybridized carbons (Fsp3) is 0.115. The van der Waals surface area contributed by atoms with Gasteiger partial charge in [0.1, 0.15) is 11.6 Å². The summed E-state index contributed by atoms with van der Waals surface area (Å²) in [5, 5.41) is 12.3. The lowest BCUT2D eigenvalue weighted by molar-refractivity contribution is 0.585. The zero-order valence-electron chi connectivity index (χ0n) is 17.7. The number of aryl methyl sites for hydroxylation is 3. The predicted molar refractivity (Wildman–Crippen MR) is 122 cm³/mol. The van der Waals surface area contributed by atoms with Gasteiger partial charge in [0, 0.05) is 22.9 Å². The molecule has 0 spiro atoms. The Morgan fingerprint density at radius 2 is 1.73 bits per heavy atom. The number of benzene rings is 3. The quantitative estimate of drug-likeness (QED) is 0.423. The number of aromatic amines is 1. The van der Waals surface area contributed by atoms with Crippen molar-refractivity contribution in [2.75, 3.05) is 0 Å². The molecule has 33 heavy (non-hydrogen) atoms. The maximum Gasteiger partial charge on any atom is 0.280 e. The van der Waals surface area contributed by atoms with Crippen molar-refractivity contribution in [3.63, 3.8) is 0 Å². The second kappa shape index (κ2) is 7.99. The third-order valence-corrected chi connectivity index (χ3v) is 5.80. The molecule has 0 radical (unpaired) electrons. The maximum absolute atomic E-state index is 14.5. The summed E-state index contributed by atoms with van der Waals surface area (Å²) in [7, 11) is 0. The van der Waals surface area contributed by atoms with Gasteiger partial charge in [-0.15, -0.1) is 0 Å². The van der Waals surface area contributed by atoms with E-state index in [9.17, 15) is 13.6 Å². The monoisotopic (exact) mass is 440 g/mol. The first kappa shape index (κ1) is 20.6. The Hall–Kier alpha value is -4.31. The third kappa shape index (κ3) is 3.66. The zero-order valence-corrected chi connectivity index (χ0v) is 17.7. The lowest BCUT2D eigenvalue weighted by Crippen LogP contribution is -2.15. The van der Waals surface area contributed by atoms with Crippen LogP contribution in [-0.4, -0.2) is 14.6 Å². The molecule has 0 aliphatic heterocycles. The molecule has 2 aromatic heterocycles. The molecule has 0 aliphatic rings. The highest BCUT2D eigenvalue weighted by atomic mass is 19.1. The minimum absolute atomic E-state index is 0.177. The van der Waals surface area contributed by atoms with Gasteiger partial charge in [-0.25, -0.2) is 18.3 Å². The first-order valence-electron chi connectivity index (χ1n) is 10.4. The molecule has 0 aliphatic carbocycles. The molecular formula is C26H18F2N4O. The van der Waals surface area contributed by atoms with E-state index in [4.69, 9.17) is 5.26 Å². The summed E-state index contributed by atoms with van der Waals surface area (Å²) in [4.78, 5) is 17.8. The van der Waals surface area contributed by atoms with E-state index in [0.717, 1.165) is 30.0 Å².